The zero-order valence-electron chi connectivity index (χ0n) is 14.2. The van der Waals surface area contributed by atoms with E-state index < -0.39 is 15.9 Å². The summed E-state index contributed by atoms with van der Waals surface area (Å²) in [5, 5.41) is 3.05. The van der Waals surface area contributed by atoms with Crippen molar-refractivity contribution in [2.45, 2.75) is 17.7 Å². The van der Waals surface area contributed by atoms with Crippen molar-refractivity contribution in [1.29, 1.82) is 0 Å². The molecular weight excluding hydrogens is 376 g/mol. The molecule has 3 rings (SSSR count). The number of sulfonamides is 1. The van der Waals surface area contributed by atoms with Crippen LogP contribution in [0.4, 0.5) is 5.69 Å². The molecule has 2 aromatic carbocycles. The molecular formula is C18H19ClN2O4S. The molecule has 0 bridgehead atoms. The highest BCUT2D eigenvalue weighted by atomic mass is 35.5. The normalized spacial score (nSPS) is 15.0. The van der Waals surface area contributed by atoms with Crippen LogP contribution in [0.25, 0.3) is 0 Å². The third-order valence-electron chi connectivity index (χ3n) is 4.22. The molecule has 1 fully saturated rings. The molecule has 1 amide bonds. The number of hydrogen-bond acceptors (Lipinski definition) is 4. The van der Waals surface area contributed by atoms with Gasteiger partial charge in [-0.05, 0) is 43.2 Å². The maximum absolute atomic E-state index is 12.7. The number of rotatable bonds is 5. The first-order valence-corrected chi connectivity index (χ1v) is 9.99. The highest BCUT2D eigenvalue weighted by Crippen LogP contribution is 2.27. The summed E-state index contributed by atoms with van der Waals surface area (Å²) in [7, 11) is -2.06. The lowest BCUT2D eigenvalue weighted by Gasteiger charge is -2.16. The van der Waals surface area contributed by atoms with Crippen LogP contribution in [0.2, 0.25) is 5.02 Å². The van der Waals surface area contributed by atoms with Gasteiger partial charge < -0.3 is 10.1 Å². The van der Waals surface area contributed by atoms with Gasteiger partial charge in [-0.2, -0.15) is 4.31 Å². The molecule has 0 spiro atoms. The van der Waals surface area contributed by atoms with Crippen LogP contribution in [0.15, 0.2) is 47.4 Å². The molecule has 0 radical (unpaired) electrons. The van der Waals surface area contributed by atoms with E-state index in [4.69, 9.17) is 16.3 Å². The van der Waals surface area contributed by atoms with Crippen LogP contribution in [0.3, 0.4) is 0 Å². The number of amides is 1. The largest absolute Gasteiger partial charge is 0.497 e. The van der Waals surface area contributed by atoms with E-state index in [9.17, 15) is 13.2 Å². The van der Waals surface area contributed by atoms with Crippen LogP contribution >= 0.6 is 11.6 Å². The number of halogens is 1. The van der Waals surface area contributed by atoms with Crippen LogP contribution in [0, 0.1) is 0 Å². The summed E-state index contributed by atoms with van der Waals surface area (Å²) in [4.78, 5) is 12.7. The SMILES string of the molecule is COc1ccc(Cl)c(NC(=O)c2cccc(S(=O)(=O)N3CCCC3)c2)c1. The summed E-state index contributed by atoms with van der Waals surface area (Å²) in [5.41, 5.74) is 0.632. The quantitative estimate of drug-likeness (QED) is 0.843. The van der Waals surface area contributed by atoms with Crippen molar-refractivity contribution >= 4 is 33.2 Å². The van der Waals surface area contributed by atoms with E-state index in [0.29, 0.717) is 29.5 Å². The molecule has 26 heavy (non-hydrogen) atoms. The van der Waals surface area contributed by atoms with E-state index in [0.717, 1.165) is 12.8 Å². The van der Waals surface area contributed by atoms with Crippen molar-refractivity contribution in [2.75, 3.05) is 25.5 Å². The second-order valence-electron chi connectivity index (χ2n) is 5.94. The van der Waals surface area contributed by atoms with E-state index in [2.05, 4.69) is 5.32 Å². The maximum atomic E-state index is 12.7. The van der Waals surface area contributed by atoms with Crippen LogP contribution in [-0.4, -0.2) is 38.8 Å². The van der Waals surface area contributed by atoms with Crippen molar-refractivity contribution in [1.82, 2.24) is 4.31 Å². The van der Waals surface area contributed by atoms with Gasteiger partial charge in [0, 0.05) is 24.7 Å². The number of ether oxygens (including phenoxy) is 1. The number of nitrogens with zero attached hydrogens (tertiary/aromatic N) is 1. The highest BCUT2D eigenvalue weighted by Gasteiger charge is 2.27. The average molecular weight is 395 g/mol. The second-order valence-corrected chi connectivity index (χ2v) is 8.28. The molecule has 1 aliphatic heterocycles. The first-order chi connectivity index (χ1) is 12.4. The third kappa shape index (κ3) is 3.85. The Bertz CT molecular complexity index is 925. The van der Waals surface area contributed by atoms with Gasteiger partial charge in [0.15, 0.2) is 0 Å². The predicted octanol–water partition coefficient (Wildman–Crippen LogP) is 3.39. The summed E-state index contributed by atoms with van der Waals surface area (Å²) in [6, 6.07) is 10.9. The van der Waals surface area contributed by atoms with Gasteiger partial charge in [0.1, 0.15) is 5.75 Å². The lowest BCUT2D eigenvalue weighted by atomic mass is 10.2. The first-order valence-electron chi connectivity index (χ1n) is 8.17. The summed E-state index contributed by atoms with van der Waals surface area (Å²) < 4.78 is 31.9. The molecule has 0 unspecified atom stereocenters. The smallest absolute Gasteiger partial charge is 0.255 e. The number of carbonyl (C=O) groups is 1. The zero-order chi connectivity index (χ0) is 18.7. The number of methoxy groups -OCH3 is 1. The Balaban J connectivity index is 1.85. The van der Waals surface area contributed by atoms with Crippen molar-refractivity contribution in [3.8, 4) is 5.75 Å². The summed E-state index contributed by atoms with van der Waals surface area (Å²) >= 11 is 6.10. The number of nitrogens with one attached hydrogen (secondary N) is 1. The van der Waals surface area contributed by atoms with Gasteiger partial charge in [0.2, 0.25) is 10.0 Å². The molecule has 6 nitrogen and oxygen atoms in total. The Morgan fingerprint density at radius 3 is 2.58 bits per heavy atom. The molecule has 0 aliphatic carbocycles. The van der Waals surface area contributed by atoms with Gasteiger partial charge in [-0.1, -0.05) is 17.7 Å². The average Bonchev–Trinajstić information content (AvgIpc) is 3.19. The number of carbonyl (C=O) groups excluding carboxylic acids is 1. The predicted molar refractivity (Wildman–Crippen MR) is 100 cm³/mol. The fourth-order valence-corrected chi connectivity index (χ4v) is 4.53. The van der Waals surface area contributed by atoms with Gasteiger partial charge >= 0.3 is 0 Å². The highest BCUT2D eigenvalue weighted by molar-refractivity contribution is 7.89. The molecule has 1 heterocycles. The molecule has 138 valence electrons. The Morgan fingerprint density at radius 2 is 1.88 bits per heavy atom. The number of anilines is 1. The Hall–Kier alpha value is -2.09. The number of hydrogen-bond donors (Lipinski definition) is 1. The first kappa shape index (κ1) is 18.7. The minimum Gasteiger partial charge on any atom is -0.497 e. The fraction of sp³-hybridized carbons (Fsp3) is 0.278. The van der Waals surface area contributed by atoms with Gasteiger partial charge in [0.25, 0.3) is 5.91 Å². The summed E-state index contributed by atoms with van der Waals surface area (Å²) in [5.74, 6) is 0.105. The minimum atomic E-state index is -3.58. The topological polar surface area (TPSA) is 75.7 Å². The van der Waals surface area contributed by atoms with E-state index in [1.165, 1.54) is 23.5 Å². The van der Waals surface area contributed by atoms with Crippen LogP contribution < -0.4 is 10.1 Å². The van der Waals surface area contributed by atoms with Gasteiger partial charge in [-0.3, -0.25) is 4.79 Å². The van der Waals surface area contributed by atoms with Crippen molar-refractivity contribution in [2.24, 2.45) is 0 Å². The van der Waals surface area contributed by atoms with Crippen molar-refractivity contribution in [3.63, 3.8) is 0 Å². The number of benzene rings is 2. The monoisotopic (exact) mass is 394 g/mol. The molecule has 1 saturated heterocycles. The van der Waals surface area contributed by atoms with E-state index >= 15 is 0 Å². The molecule has 0 aromatic heterocycles. The zero-order valence-corrected chi connectivity index (χ0v) is 15.8. The summed E-state index contributed by atoms with van der Waals surface area (Å²) in [6.07, 6.45) is 1.71. The molecule has 8 heteroatoms. The third-order valence-corrected chi connectivity index (χ3v) is 6.44. The fourth-order valence-electron chi connectivity index (χ4n) is 2.80. The summed E-state index contributed by atoms with van der Waals surface area (Å²) in [6.45, 7) is 1.02. The molecule has 1 N–H and O–H groups in total. The van der Waals surface area contributed by atoms with Gasteiger partial charge in [-0.25, -0.2) is 8.42 Å². The van der Waals surface area contributed by atoms with Crippen LogP contribution in [-0.2, 0) is 10.0 Å². The van der Waals surface area contributed by atoms with E-state index in [-0.39, 0.29) is 10.5 Å². The van der Waals surface area contributed by atoms with Crippen LogP contribution in [0.1, 0.15) is 23.2 Å². The Morgan fingerprint density at radius 1 is 1.15 bits per heavy atom. The molecule has 0 atom stereocenters. The lowest BCUT2D eigenvalue weighted by Crippen LogP contribution is -2.28. The molecule has 1 aliphatic rings. The van der Waals surface area contributed by atoms with E-state index in [1.54, 1.807) is 30.3 Å². The minimum absolute atomic E-state index is 0.115. The second kappa shape index (κ2) is 7.65. The molecule has 2 aromatic rings. The van der Waals surface area contributed by atoms with Gasteiger partial charge in [-0.15, -0.1) is 0 Å². The Labute approximate surface area is 157 Å². The van der Waals surface area contributed by atoms with E-state index in [1.807, 2.05) is 0 Å². The molecule has 0 saturated carbocycles. The lowest BCUT2D eigenvalue weighted by molar-refractivity contribution is 0.102. The van der Waals surface area contributed by atoms with Crippen molar-refractivity contribution < 1.29 is 17.9 Å². The van der Waals surface area contributed by atoms with Gasteiger partial charge in [0.05, 0.1) is 22.7 Å². The maximum Gasteiger partial charge on any atom is 0.255 e. The van der Waals surface area contributed by atoms with Crippen LogP contribution in [0.5, 0.6) is 5.75 Å². The standard InChI is InChI=1S/C18H19ClN2O4S/c1-25-14-7-8-16(19)17(12-14)20-18(22)13-5-4-6-15(11-13)26(23,24)21-9-2-3-10-21/h4-8,11-12H,2-3,9-10H2,1H3,(H,20,22). The Kier molecular flexibility index (Phi) is 5.50. The van der Waals surface area contributed by atoms with Crippen molar-refractivity contribution in [3.05, 3.63) is 53.1 Å².